The Hall–Kier alpha value is -4.14. The fraction of sp³-hybridized carbons (Fsp3) is 0.280. The average Bonchev–Trinajstić information content (AvgIpc) is 3.42. The zero-order chi connectivity index (χ0) is 24.1. The number of benzene rings is 2. The van der Waals surface area contributed by atoms with E-state index in [4.69, 9.17) is 9.84 Å². The third kappa shape index (κ3) is 5.25. The van der Waals surface area contributed by atoms with Crippen molar-refractivity contribution in [1.82, 2.24) is 16.0 Å². The van der Waals surface area contributed by atoms with Crippen LogP contribution in [0.5, 0.6) is 0 Å². The zero-order valence-electron chi connectivity index (χ0n) is 18.3. The van der Waals surface area contributed by atoms with Crippen molar-refractivity contribution in [3.63, 3.8) is 0 Å². The zero-order valence-corrected chi connectivity index (χ0v) is 18.3. The lowest BCUT2D eigenvalue weighted by Crippen LogP contribution is -2.41. The maximum absolute atomic E-state index is 12.4. The number of ether oxygens (including phenoxy) is 1. The fourth-order valence-electron chi connectivity index (χ4n) is 4.33. The van der Waals surface area contributed by atoms with Gasteiger partial charge in [-0.25, -0.2) is 4.79 Å². The van der Waals surface area contributed by atoms with Gasteiger partial charge in [0, 0.05) is 5.92 Å². The lowest BCUT2D eigenvalue weighted by atomic mass is 9.98. The Morgan fingerprint density at radius 3 is 2.18 bits per heavy atom. The molecule has 0 heterocycles. The summed E-state index contributed by atoms with van der Waals surface area (Å²) in [6, 6.07) is 15.8. The molecule has 34 heavy (non-hydrogen) atoms. The minimum Gasteiger partial charge on any atom is -0.480 e. The molecule has 0 aromatic heterocycles. The summed E-state index contributed by atoms with van der Waals surface area (Å²) in [6.07, 6.45) is 3.16. The van der Waals surface area contributed by atoms with Crippen molar-refractivity contribution in [1.29, 1.82) is 0 Å². The van der Waals surface area contributed by atoms with Gasteiger partial charge in [-0.1, -0.05) is 60.7 Å². The lowest BCUT2D eigenvalue weighted by Gasteiger charge is -2.17. The standard InChI is InChI=1S/C25H25N3O6/c29-22(26-13-23(30)31)12-27-24(32)15-9-10-16(11-15)28-25(33)34-14-21-19-7-3-1-5-17(19)18-6-2-4-8-20(18)21/h1-10,15-16,21H,11-14H2,(H,26,29)(H,27,32)(H,28,33)(H,30,31). The molecule has 9 heteroatoms. The van der Waals surface area contributed by atoms with Gasteiger partial charge in [-0.2, -0.15) is 0 Å². The lowest BCUT2D eigenvalue weighted by molar-refractivity contribution is -0.137. The van der Waals surface area contributed by atoms with E-state index in [0.717, 1.165) is 22.3 Å². The van der Waals surface area contributed by atoms with E-state index in [1.807, 2.05) is 36.4 Å². The van der Waals surface area contributed by atoms with Crippen LogP contribution in [0.4, 0.5) is 4.79 Å². The van der Waals surface area contributed by atoms with Gasteiger partial charge in [0.1, 0.15) is 13.2 Å². The largest absolute Gasteiger partial charge is 0.480 e. The Morgan fingerprint density at radius 1 is 0.882 bits per heavy atom. The summed E-state index contributed by atoms with van der Waals surface area (Å²) in [6.45, 7) is -0.628. The first kappa shape index (κ1) is 23.0. The van der Waals surface area contributed by atoms with Gasteiger partial charge in [-0.15, -0.1) is 0 Å². The Labute approximate surface area is 196 Å². The monoisotopic (exact) mass is 463 g/mol. The van der Waals surface area contributed by atoms with Crippen molar-refractivity contribution in [2.45, 2.75) is 18.4 Å². The van der Waals surface area contributed by atoms with Crippen molar-refractivity contribution in [2.24, 2.45) is 5.92 Å². The van der Waals surface area contributed by atoms with Crippen molar-refractivity contribution < 1.29 is 29.0 Å². The van der Waals surface area contributed by atoms with Gasteiger partial charge in [0.05, 0.1) is 18.5 Å². The molecule has 0 saturated carbocycles. The van der Waals surface area contributed by atoms with Gasteiger partial charge < -0.3 is 25.8 Å². The van der Waals surface area contributed by atoms with E-state index in [2.05, 4.69) is 28.1 Å². The van der Waals surface area contributed by atoms with Crippen LogP contribution in [0.3, 0.4) is 0 Å². The summed E-state index contributed by atoms with van der Waals surface area (Å²) >= 11 is 0. The Balaban J connectivity index is 1.24. The number of alkyl carbamates (subject to hydrolysis) is 1. The fourth-order valence-corrected chi connectivity index (χ4v) is 4.33. The van der Waals surface area contributed by atoms with Crippen LogP contribution in [-0.4, -0.2) is 54.7 Å². The smallest absolute Gasteiger partial charge is 0.407 e. The highest BCUT2D eigenvalue weighted by Crippen LogP contribution is 2.44. The van der Waals surface area contributed by atoms with E-state index in [-0.39, 0.29) is 31.0 Å². The second-order valence-electron chi connectivity index (χ2n) is 8.19. The topological polar surface area (TPSA) is 134 Å². The number of rotatable bonds is 8. The van der Waals surface area contributed by atoms with E-state index < -0.39 is 30.4 Å². The molecule has 2 aromatic rings. The predicted molar refractivity (Wildman–Crippen MR) is 123 cm³/mol. The molecule has 0 saturated heterocycles. The summed E-state index contributed by atoms with van der Waals surface area (Å²) in [7, 11) is 0. The normalized spacial score (nSPS) is 18.0. The number of carboxylic acids is 1. The molecule has 0 radical (unpaired) electrons. The maximum Gasteiger partial charge on any atom is 0.407 e. The minimum atomic E-state index is -1.17. The number of hydrogen-bond donors (Lipinski definition) is 4. The number of carbonyl (C=O) groups is 4. The highest BCUT2D eigenvalue weighted by Gasteiger charge is 2.30. The van der Waals surface area contributed by atoms with Gasteiger partial charge in [-0.05, 0) is 28.7 Å². The highest BCUT2D eigenvalue weighted by atomic mass is 16.5. The summed E-state index contributed by atoms with van der Waals surface area (Å²) < 4.78 is 5.54. The third-order valence-electron chi connectivity index (χ3n) is 5.93. The Bertz CT molecular complexity index is 1100. The molecule has 0 spiro atoms. The van der Waals surface area contributed by atoms with Crippen LogP contribution in [0.1, 0.15) is 23.5 Å². The predicted octanol–water partition coefficient (Wildman–Crippen LogP) is 1.79. The van der Waals surface area contributed by atoms with E-state index in [1.54, 1.807) is 12.2 Å². The van der Waals surface area contributed by atoms with Crippen LogP contribution in [0.2, 0.25) is 0 Å². The number of carboxylic acid groups (broad SMARTS) is 1. The highest BCUT2D eigenvalue weighted by molar-refractivity contribution is 5.88. The van der Waals surface area contributed by atoms with Crippen LogP contribution >= 0.6 is 0 Å². The van der Waals surface area contributed by atoms with Crippen molar-refractivity contribution in [3.05, 3.63) is 71.8 Å². The SMILES string of the molecule is O=C(O)CNC(=O)CNC(=O)C1C=CC(NC(=O)OCC2c3ccccc3-c3ccccc32)C1. The molecule has 2 aromatic carbocycles. The van der Waals surface area contributed by atoms with Crippen LogP contribution in [0.15, 0.2) is 60.7 Å². The second-order valence-corrected chi connectivity index (χ2v) is 8.19. The summed E-state index contributed by atoms with van der Waals surface area (Å²) in [5.41, 5.74) is 4.55. The van der Waals surface area contributed by atoms with Gasteiger partial charge in [0.15, 0.2) is 0 Å². The van der Waals surface area contributed by atoms with Crippen molar-refractivity contribution >= 4 is 23.9 Å². The number of hydrogen-bond acceptors (Lipinski definition) is 5. The van der Waals surface area contributed by atoms with Gasteiger partial charge in [0.2, 0.25) is 11.8 Å². The molecule has 3 amide bonds. The summed E-state index contributed by atoms with van der Waals surface area (Å²) in [5, 5.41) is 15.9. The van der Waals surface area contributed by atoms with Gasteiger partial charge in [-0.3, -0.25) is 14.4 Å². The van der Waals surface area contributed by atoms with E-state index in [9.17, 15) is 19.2 Å². The molecule has 2 atom stereocenters. The second kappa shape index (κ2) is 10.2. The van der Waals surface area contributed by atoms with Crippen LogP contribution in [0.25, 0.3) is 11.1 Å². The maximum atomic E-state index is 12.4. The number of amides is 3. The molecule has 0 fully saturated rings. The van der Waals surface area contributed by atoms with Crippen LogP contribution < -0.4 is 16.0 Å². The molecular formula is C25H25N3O6. The minimum absolute atomic E-state index is 0.0388. The first-order valence-corrected chi connectivity index (χ1v) is 11.0. The summed E-state index contributed by atoms with van der Waals surface area (Å²) in [5.74, 6) is -2.68. The van der Waals surface area contributed by atoms with Crippen molar-refractivity contribution in [2.75, 3.05) is 19.7 Å². The molecule has 0 bridgehead atoms. The number of aliphatic carboxylic acids is 1. The first-order valence-electron chi connectivity index (χ1n) is 11.0. The molecule has 0 aliphatic heterocycles. The number of nitrogens with one attached hydrogen (secondary N) is 3. The van der Waals surface area contributed by atoms with E-state index in [0.29, 0.717) is 6.42 Å². The molecule has 9 nitrogen and oxygen atoms in total. The molecule has 4 N–H and O–H groups in total. The van der Waals surface area contributed by atoms with Crippen LogP contribution in [0, 0.1) is 5.92 Å². The molecule has 2 aliphatic rings. The third-order valence-corrected chi connectivity index (χ3v) is 5.93. The molecular weight excluding hydrogens is 438 g/mol. The Kier molecular flexibility index (Phi) is 6.91. The van der Waals surface area contributed by atoms with Gasteiger partial charge in [0.25, 0.3) is 0 Å². The molecule has 2 aliphatic carbocycles. The van der Waals surface area contributed by atoms with E-state index >= 15 is 0 Å². The van der Waals surface area contributed by atoms with E-state index in [1.165, 1.54) is 0 Å². The van der Waals surface area contributed by atoms with Gasteiger partial charge >= 0.3 is 12.1 Å². The number of carbonyl (C=O) groups excluding carboxylic acids is 3. The number of fused-ring (bicyclic) bond motifs is 3. The summed E-state index contributed by atoms with van der Waals surface area (Å²) in [4.78, 5) is 46.7. The first-order chi connectivity index (χ1) is 16.4. The van der Waals surface area contributed by atoms with Crippen molar-refractivity contribution in [3.8, 4) is 11.1 Å². The average molecular weight is 463 g/mol. The quantitative estimate of drug-likeness (QED) is 0.441. The molecule has 2 unspecified atom stereocenters. The molecule has 4 rings (SSSR count). The molecule has 176 valence electrons. The van der Waals surface area contributed by atoms with Crippen LogP contribution in [-0.2, 0) is 19.1 Å². The Morgan fingerprint density at radius 2 is 1.53 bits per heavy atom.